The third-order valence-corrected chi connectivity index (χ3v) is 6.77. The van der Waals surface area contributed by atoms with E-state index in [1.807, 2.05) is 103 Å². The van der Waals surface area contributed by atoms with Crippen molar-refractivity contribution >= 4 is 16.7 Å². The Morgan fingerprint density at radius 1 is 0.925 bits per heavy atom. The average Bonchev–Trinajstić information content (AvgIpc) is 3.34. The minimum Gasteiger partial charge on any atom is -0.496 e. The van der Waals surface area contributed by atoms with Gasteiger partial charge in [0, 0.05) is 30.5 Å². The summed E-state index contributed by atoms with van der Waals surface area (Å²) >= 11 is 0. The summed E-state index contributed by atoms with van der Waals surface area (Å²) < 4.78 is 17.4. The third kappa shape index (κ3) is 6.50. The zero-order valence-corrected chi connectivity index (χ0v) is 22.7. The lowest BCUT2D eigenvalue weighted by molar-refractivity contribution is -0.138. The van der Waals surface area contributed by atoms with Gasteiger partial charge in [-0.25, -0.2) is 4.98 Å². The Morgan fingerprint density at radius 2 is 1.70 bits per heavy atom. The molecule has 204 valence electrons. The quantitative estimate of drug-likeness (QED) is 0.194. The van der Waals surface area contributed by atoms with Crippen LogP contribution in [0.3, 0.4) is 0 Å². The fourth-order valence-electron chi connectivity index (χ4n) is 4.87. The minimum absolute atomic E-state index is 0.0827. The van der Waals surface area contributed by atoms with Crippen LogP contribution in [0.15, 0.2) is 95.4 Å². The number of nitrogens with zero attached hydrogens (tertiary/aromatic N) is 2. The molecule has 0 saturated heterocycles. The van der Waals surface area contributed by atoms with Crippen LogP contribution in [-0.4, -0.2) is 41.2 Å². The molecule has 0 atom stereocenters. The maximum Gasteiger partial charge on any atom is 0.317 e. The van der Waals surface area contributed by atoms with Crippen molar-refractivity contribution in [1.82, 2.24) is 9.88 Å². The molecule has 0 unspecified atom stereocenters. The number of oxazole rings is 1. The highest BCUT2D eigenvalue weighted by Gasteiger charge is 2.15. The summed E-state index contributed by atoms with van der Waals surface area (Å²) in [6.45, 7) is 3.23. The molecule has 0 bridgehead atoms. The second-order valence-electron chi connectivity index (χ2n) is 9.65. The molecular weight excluding hydrogens is 504 g/mol. The number of methoxy groups -OCH3 is 1. The first-order valence-electron chi connectivity index (χ1n) is 13.2. The molecule has 1 N–H and O–H groups in total. The van der Waals surface area contributed by atoms with E-state index in [-0.39, 0.29) is 6.54 Å². The number of aryl methyl sites for hydroxylation is 1. The molecule has 4 aromatic carbocycles. The summed E-state index contributed by atoms with van der Waals surface area (Å²) in [7, 11) is 1.65. The molecule has 0 fully saturated rings. The van der Waals surface area contributed by atoms with Gasteiger partial charge in [-0.15, -0.1) is 0 Å². The van der Waals surface area contributed by atoms with E-state index >= 15 is 0 Å². The van der Waals surface area contributed by atoms with Crippen LogP contribution >= 0.6 is 0 Å². The number of hydrogen-bond acceptors (Lipinski definition) is 6. The van der Waals surface area contributed by atoms with Crippen molar-refractivity contribution in [1.29, 1.82) is 0 Å². The maximum atomic E-state index is 11.7. The molecule has 0 aliphatic rings. The molecule has 1 aromatic heterocycles. The lowest BCUT2D eigenvalue weighted by Gasteiger charge is -2.22. The summed E-state index contributed by atoms with van der Waals surface area (Å²) in [5.74, 6) is 2.05. The van der Waals surface area contributed by atoms with E-state index < -0.39 is 5.97 Å². The minimum atomic E-state index is -0.872. The number of ether oxygens (including phenoxy) is 2. The second kappa shape index (κ2) is 12.5. The lowest BCUT2D eigenvalue weighted by atomic mass is 10.0. The first-order valence-corrected chi connectivity index (χ1v) is 13.2. The van der Waals surface area contributed by atoms with Gasteiger partial charge in [-0.05, 0) is 53.8 Å². The summed E-state index contributed by atoms with van der Waals surface area (Å²) in [4.78, 5) is 18.3. The van der Waals surface area contributed by atoms with Gasteiger partial charge in [0.15, 0.2) is 0 Å². The van der Waals surface area contributed by atoms with Gasteiger partial charge < -0.3 is 19.0 Å². The van der Waals surface area contributed by atoms with Gasteiger partial charge in [0.2, 0.25) is 5.89 Å². The van der Waals surface area contributed by atoms with E-state index in [2.05, 4.69) is 4.98 Å². The van der Waals surface area contributed by atoms with Gasteiger partial charge in [-0.3, -0.25) is 9.69 Å². The Kier molecular flexibility index (Phi) is 8.42. The SMILES string of the molecule is COc1ccc(CN(CC(=O)O)Cc2cccc(OCCc3nc(-c4ccccc4)oc3C)c2)c2ccccc12. The van der Waals surface area contributed by atoms with E-state index in [1.165, 1.54) is 0 Å². The van der Waals surface area contributed by atoms with Gasteiger partial charge >= 0.3 is 5.97 Å². The third-order valence-electron chi connectivity index (χ3n) is 6.77. The van der Waals surface area contributed by atoms with Crippen LogP contribution < -0.4 is 9.47 Å². The number of carboxylic acids is 1. The molecule has 0 radical (unpaired) electrons. The van der Waals surface area contributed by atoms with Crippen molar-refractivity contribution < 1.29 is 23.8 Å². The molecule has 0 spiro atoms. The van der Waals surface area contributed by atoms with Crippen molar-refractivity contribution in [3.8, 4) is 23.0 Å². The zero-order chi connectivity index (χ0) is 27.9. The van der Waals surface area contributed by atoms with Gasteiger partial charge in [-0.1, -0.05) is 60.7 Å². The molecule has 0 aliphatic carbocycles. The first-order chi connectivity index (χ1) is 19.5. The van der Waals surface area contributed by atoms with Crippen LogP contribution in [0, 0.1) is 6.92 Å². The zero-order valence-electron chi connectivity index (χ0n) is 22.7. The van der Waals surface area contributed by atoms with Gasteiger partial charge in [-0.2, -0.15) is 0 Å². The van der Waals surface area contributed by atoms with Gasteiger partial charge in [0.05, 0.1) is 26.0 Å². The topological polar surface area (TPSA) is 85.0 Å². The molecule has 1 heterocycles. The lowest BCUT2D eigenvalue weighted by Crippen LogP contribution is -2.29. The van der Waals surface area contributed by atoms with Crippen molar-refractivity contribution in [3.05, 3.63) is 114 Å². The number of rotatable bonds is 12. The van der Waals surface area contributed by atoms with Crippen LogP contribution in [0.1, 0.15) is 22.6 Å². The highest BCUT2D eigenvalue weighted by atomic mass is 16.5. The van der Waals surface area contributed by atoms with Crippen molar-refractivity contribution in [2.45, 2.75) is 26.4 Å². The van der Waals surface area contributed by atoms with E-state index in [0.717, 1.165) is 50.4 Å². The molecule has 40 heavy (non-hydrogen) atoms. The number of aliphatic carboxylic acids is 1. The number of benzene rings is 4. The van der Waals surface area contributed by atoms with E-state index in [4.69, 9.17) is 13.9 Å². The van der Waals surface area contributed by atoms with Gasteiger partial charge in [0.1, 0.15) is 17.3 Å². The van der Waals surface area contributed by atoms with Crippen LogP contribution in [-0.2, 0) is 24.3 Å². The van der Waals surface area contributed by atoms with Crippen molar-refractivity contribution in [2.24, 2.45) is 0 Å². The van der Waals surface area contributed by atoms with Gasteiger partial charge in [0.25, 0.3) is 0 Å². The summed E-state index contributed by atoms with van der Waals surface area (Å²) in [6.07, 6.45) is 0.613. The predicted molar refractivity (Wildman–Crippen MR) is 155 cm³/mol. The average molecular weight is 537 g/mol. The smallest absolute Gasteiger partial charge is 0.317 e. The van der Waals surface area contributed by atoms with Crippen LogP contribution in [0.25, 0.3) is 22.2 Å². The van der Waals surface area contributed by atoms with E-state index in [9.17, 15) is 9.90 Å². The molecule has 0 amide bonds. The Hall–Kier alpha value is -4.62. The Labute approximate surface area is 233 Å². The second-order valence-corrected chi connectivity index (χ2v) is 9.65. The molecule has 0 saturated carbocycles. The maximum absolute atomic E-state index is 11.7. The molecular formula is C33H32N2O5. The van der Waals surface area contributed by atoms with Crippen LogP contribution in [0.2, 0.25) is 0 Å². The van der Waals surface area contributed by atoms with Crippen LogP contribution in [0.4, 0.5) is 0 Å². The number of aromatic nitrogens is 1. The molecule has 5 aromatic rings. The van der Waals surface area contributed by atoms with Crippen molar-refractivity contribution in [2.75, 3.05) is 20.3 Å². The fourth-order valence-corrected chi connectivity index (χ4v) is 4.87. The normalized spacial score (nSPS) is 11.2. The number of carboxylic acid groups (broad SMARTS) is 1. The molecule has 0 aliphatic heterocycles. The summed E-state index contributed by atoms with van der Waals surface area (Å²) in [5, 5.41) is 11.7. The monoisotopic (exact) mass is 536 g/mol. The molecule has 7 heteroatoms. The Morgan fingerprint density at radius 3 is 2.48 bits per heavy atom. The van der Waals surface area contributed by atoms with Crippen molar-refractivity contribution in [3.63, 3.8) is 0 Å². The van der Waals surface area contributed by atoms with E-state index in [0.29, 0.717) is 32.0 Å². The first kappa shape index (κ1) is 27.0. The largest absolute Gasteiger partial charge is 0.496 e. The highest BCUT2D eigenvalue weighted by molar-refractivity contribution is 5.91. The standard InChI is InChI=1S/C33H32N2O5/c1-23-30(34-33(40-23)25-10-4-3-5-11-25)17-18-39-27-12-8-9-24(19-27)20-35(22-32(36)37)21-26-15-16-31(38-2)29-14-7-6-13-28(26)29/h3-16,19H,17-18,20-22H2,1-2H3,(H,36,37). The number of carbonyl (C=O) groups is 1. The predicted octanol–water partition coefficient (Wildman–Crippen LogP) is 6.52. The highest BCUT2D eigenvalue weighted by Crippen LogP contribution is 2.29. The van der Waals surface area contributed by atoms with Crippen LogP contribution in [0.5, 0.6) is 11.5 Å². The summed E-state index contributed by atoms with van der Waals surface area (Å²) in [5.41, 5.74) is 3.83. The summed E-state index contributed by atoms with van der Waals surface area (Å²) in [6, 6.07) is 29.6. The van der Waals surface area contributed by atoms with E-state index in [1.54, 1.807) is 7.11 Å². The molecule has 5 rings (SSSR count). The fraction of sp³-hybridized carbons (Fsp3) is 0.212. The molecule has 7 nitrogen and oxygen atoms in total. The number of hydrogen-bond donors (Lipinski definition) is 1. The Balaban J connectivity index is 1.25. The Bertz CT molecular complexity index is 1600. The number of fused-ring (bicyclic) bond motifs is 1.